The molecule has 1 aromatic carbocycles. The van der Waals surface area contributed by atoms with Gasteiger partial charge in [-0.25, -0.2) is 4.79 Å². The predicted molar refractivity (Wildman–Crippen MR) is 89.3 cm³/mol. The molecule has 1 saturated heterocycles. The maximum absolute atomic E-state index is 12.7. The summed E-state index contributed by atoms with van der Waals surface area (Å²) in [5, 5.41) is 0.955. The Morgan fingerprint density at radius 3 is 2.96 bits per heavy atom. The summed E-state index contributed by atoms with van der Waals surface area (Å²) in [7, 11) is 1.37. The van der Waals surface area contributed by atoms with Crippen molar-refractivity contribution >= 4 is 22.8 Å². The molecule has 1 N–H and O–H groups in total. The summed E-state index contributed by atoms with van der Waals surface area (Å²) in [6, 6.07) is 5.54. The number of rotatable bonds is 2. The van der Waals surface area contributed by atoms with E-state index in [4.69, 9.17) is 14.2 Å². The lowest BCUT2D eigenvalue weighted by atomic mass is 10.0. The third kappa shape index (κ3) is 2.79. The van der Waals surface area contributed by atoms with Crippen molar-refractivity contribution in [1.82, 2.24) is 9.88 Å². The fourth-order valence-electron chi connectivity index (χ4n) is 3.54. The van der Waals surface area contributed by atoms with Crippen LogP contribution in [0.2, 0.25) is 0 Å². The lowest BCUT2D eigenvalue weighted by Crippen LogP contribution is -2.46. The molecule has 0 bridgehead atoms. The first-order valence-electron chi connectivity index (χ1n) is 8.38. The van der Waals surface area contributed by atoms with Crippen molar-refractivity contribution in [1.29, 1.82) is 0 Å². The second-order valence-corrected chi connectivity index (χ2v) is 6.25. The normalized spacial score (nSPS) is 20.4. The van der Waals surface area contributed by atoms with E-state index in [0.717, 1.165) is 22.2 Å². The highest BCUT2D eigenvalue weighted by atomic mass is 16.6. The summed E-state index contributed by atoms with van der Waals surface area (Å²) < 4.78 is 15.7. The average Bonchev–Trinajstić information content (AvgIpc) is 3.05. The van der Waals surface area contributed by atoms with E-state index in [9.17, 15) is 9.59 Å². The summed E-state index contributed by atoms with van der Waals surface area (Å²) in [5.41, 5.74) is 3.40. The van der Waals surface area contributed by atoms with Crippen LogP contribution in [-0.4, -0.2) is 61.3 Å². The van der Waals surface area contributed by atoms with Gasteiger partial charge >= 0.3 is 5.97 Å². The molecule has 7 heteroatoms. The van der Waals surface area contributed by atoms with Crippen LogP contribution in [0, 0.1) is 0 Å². The molecule has 1 amide bonds. The fraction of sp³-hybridized carbons (Fsp3) is 0.444. The van der Waals surface area contributed by atoms with E-state index < -0.39 is 6.10 Å². The number of carbonyl (C=O) groups excluding carboxylic acids is 2. The summed E-state index contributed by atoms with van der Waals surface area (Å²) in [5.74, 6) is -0.409. The Labute approximate surface area is 144 Å². The molecule has 4 rings (SSSR count). The molecule has 1 fully saturated rings. The lowest BCUT2D eigenvalue weighted by molar-refractivity contribution is -0.158. The molecular weight excluding hydrogens is 324 g/mol. The largest absolute Gasteiger partial charge is 0.465 e. The molecule has 0 aliphatic carbocycles. The first-order chi connectivity index (χ1) is 12.2. The number of methoxy groups -OCH3 is 1. The number of nitrogens with zero attached hydrogens (tertiary/aromatic N) is 1. The molecule has 0 saturated carbocycles. The average molecular weight is 344 g/mol. The molecular formula is C18H20N2O5. The lowest BCUT2D eigenvalue weighted by Gasteiger charge is -2.32. The number of benzene rings is 1. The zero-order valence-corrected chi connectivity index (χ0v) is 14.0. The molecule has 25 heavy (non-hydrogen) atoms. The predicted octanol–water partition coefficient (Wildman–Crippen LogP) is 1.25. The molecule has 3 heterocycles. The summed E-state index contributed by atoms with van der Waals surface area (Å²) >= 11 is 0. The number of hydrogen-bond donors (Lipinski definition) is 1. The number of esters is 1. The maximum Gasteiger partial charge on any atom is 0.339 e. The van der Waals surface area contributed by atoms with Gasteiger partial charge in [-0.1, -0.05) is 12.1 Å². The molecule has 2 aromatic rings. The van der Waals surface area contributed by atoms with Crippen molar-refractivity contribution in [3.8, 4) is 0 Å². The Morgan fingerprint density at radius 2 is 2.20 bits per heavy atom. The highest BCUT2D eigenvalue weighted by Gasteiger charge is 2.31. The van der Waals surface area contributed by atoms with Gasteiger partial charge in [-0.15, -0.1) is 0 Å². The number of carbonyl (C=O) groups is 2. The Hall–Kier alpha value is -2.38. The monoisotopic (exact) mass is 344 g/mol. The van der Waals surface area contributed by atoms with E-state index in [1.165, 1.54) is 7.11 Å². The summed E-state index contributed by atoms with van der Waals surface area (Å²) in [4.78, 5) is 29.8. The van der Waals surface area contributed by atoms with Crippen LogP contribution in [0.4, 0.5) is 0 Å². The van der Waals surface area contributed by atoms with Crippen LogP contribution in [0.25, 0.3) is 10.9 Å². The minimum absolute atomic E-state index is 0.0381. The van der Waals surface area contributed by atoms with E-state index in [-0.39, 0.29) is 11.9 Å². The summed E-state index contributed by atoms with van der Waals surface area (Å²) in [6.07, 6.45) is 0.190. The number of nitrogens with one attached hydrogen (secondary N) is 1. The molecule has 0 spiro atoms. The van der Waals surface area contributed by atoms with Crippen molar-refractivity contribution in [2.24, 2.45) is 0 Å². The third-order valence-electron chi connectivity index (χ3n) is 4.82. The van der Waals surface area contributed by atoms with Crippen molar-refractivity contribution in [2.45, 2.75) is 19.1 Å². The van der Waals surface area contributed by atoms with Gasteiger partial charge in [0.25, 0.3) is 5.91 Å². The molecule has 1 unspecified atom stereocenters. The number of amides is 1. The van der Waals surface area contributed by atoms with Crippen LogP contribution in [-0.2, 0) is 32.0 Å². The van der Waals surface area contributed by atoms with Gasteiger partial charge in [0.1, 0.15) is 0 Å². The molecule has 1 atom stereocenters. The number of para-hydroxylation sites is 1. The van der Waals surface area contributed by atoms with E-state index in [0.29, 0.717) is 44.9 Å². The molecule has 2 aliphatic rings. The van der Waals surface area contributed by atoms with Gasteiger partial charge in [0.15, 0.2) is 6.10 Å². The van der Waals surface area contributed by atoms with Crippen LogP contribution in [0.3, 0.4) is 0 Å². The van der Waals surface area contributed by atoms with Gasteiger partial charge in [-0.05, 0) is 6.07 Å². The number of aromatic amines is 1. The number of H-pyrrole nitrogens is 1. The van der Waals surface area contributed by atoms with Gasteiger partial charge in [-0.2, -0.15) is 0 Å². The SMILES string of the molecule is COC(=O)c1cccc2c3c([nH]c12)CCN(C(=O)C1COCCO1)C3. The van der Waals surface area contributed by atoms with Gasteiger partial charge in [0, 0.05) is 36.2 Å². The van der Waals surface area contributed by atoms with Crippen LogP contribution < -0.4 is 0 Å². The minimum Gasteiger partial charge on any atom is -0.465 e. The number of fused-ring (bicyclic) bond motifs is 3. The van der Waals surface area contributed by atoms with Gasteiger partial charge in [-0.3, -0.25) is 4.79 Å². The number of aromatic nitrogens is 1. The molecule has 0 radical (unpaired) electrons. The van der Waals surface area contributed by atoms with Crippen molar-refractivity contribution in [3.05, 3.63) is 35.0 Å². The topological polar surface area (TPSA) is 80.9 Å². The zero-order chi connectivity index (χ0) is 17.4. The van der Waals surface area contributed by atoms with E-state index in [1.807, 2.05) is 12.1 Å². The van der Waals surface area contributed by atoms with E-state index in [1.54, 1.807) is 11.0 Å². The van der Waals surface area contributed by atoms with E-state index >= 15 is 0 Å². The smallest absolute Gasteiger partial charge is 0.339 e. The molecule has 7 nitrogen and oxygen atoms in total. The zero-order valence-electron chi connectivity index (χ0n) is 14.0. The maximum atomic E-state index is 12.7. The van der Waals surface area contributed by atoms with Crippen molar-refractivity contribution < 1.29 is 23.8 Å². The minimum atomic E-state index is -0.522. The Morgan fingerprint density at radius 1 is 1.32 bits per heavy atom. The number of hydrogen-bond acceptors (Lipinski definition) is 5. The van der Waals surface area contributed by atoms with Gasteiger partial charge in [0.05, 0.1) is 38.0 Å². The highest BCUT2D eigenvalue weighted by molar-refractivity contribution is 6.04. The molecule has 1 aromatic heterocycles. The first kappa shape index (κ1) is 16.1. The molecule has 132 valence electrons. The van der Waals surface area contributed by atoms with E-state index in [2.05, 4.69) is 4.98 Å². The summed E-state index contributed by atoms with van der Waals surface area (Å²) in [6.45, 7) is 2.41. The Bertz CT molecular complexity index is 822. The quantitative estimate of drug-likeness (QED) is 0.830. The van der Waals surface area contributed by atoms with Crippen LogP contribution in [0.1, 0.15) is 21.6 Å². The number of ether oxygens (including phenoxy) is 3. The Balaban J connectivity index is 1.64. The van der Waals surface area contributed by atoms with Crippen LogP contribution in [0.5, 0.6) is 0 Å². The second kappa shape index (κ2) is 6.50. The highest BCUT2D eigenvalue weighted by Crippen LogP contribution is 2.30. The van der Waals surface area contributed by atoms with Crippen LogP contribution >= 0.6 is 0 Å². The van der Waals surface area contributed by atoms with Crippen LogP contribution in [0.15, 0.2) is 18.2 Å². The first-order valence-corrected chi connectivity index (χ1v) is 8.38. The van der Waals surface area contributed by atoms with Gasteiger partial charge in [0.2, 0.25) is 0 Å². The third-order valence-corrected chi connectivity index (χ3v) is 4.82. The van der Waals surface area contributed by atoms with Crippen molar-refractivity contribution in [3.63, 3.8) is 0 Å². The van der Waals surface area contributed by atoms with Crippen molar-refractivity contribution in [2.75, 3.05) is 33.5 Å². The Kier molecular flexibility index (Phi) is 4.19. The standard InChI is InChI=1S/C18H20N2O5/c1-23-18(22)12-4-2-3-11-13-9-20(6-5-14(13)19-16(11)12)17(21)15-10-24-7-8-25-15/h2-4,15,19H,5-10H2,1H3. The van der Waals surface area contributed by atoms with Gasteiger partial charge < -0.3 is 24.1 Å². The molecule has 2 aliphatic heterocycles. The second-order valence-electron chi connectivity index (χ2n) is 6.25. The fourth-order valence-corrected chi connectivity index (χ4v) is 3.54.